The van der Waals surface area contributed by atoms with Crippen molar-refractivity contribution in [2.45, 2.75) is 19.8 Å². The van der Waals surface area contributed by atoms with Gasteiger partial charge in [-0.1, -0.05) is 18.2 Å². The van der Waals surface area contributed by atoms with E-state index in [2.05, 4.69) is 30.2 Å². The van der Waals surface area contributed by atoms with Crippen LogP contribution in [0.1, 0.15) is 11.1 Å². The minimum atomic E-state index is -4.75. The molecule has 220 valence electrons. The van der Waals surface area contributed by atoms with Crippen molar-refractivity contribution in [2.75, 3.05) is 48.9 Å². The zero-order chi connectivity index (χ0) is 29.5. The number of aromatic nitrogens is 2. The first kappa shape index (κ1) is 28.8. The normalized spacial score (nSPS) is 13.4. The lowest BCUT2D eigenvalue weighted by atomic mass is 10.2. The Morgan fingerprint density at radius 3 is 2.38 bits per heavy atom. The van der Waals surface area contributed by atoms with Crippen LogP contribution in [0.5, 0.6) is 23.1 Å². The molecule has 0 radical (unpaired) electrons. The number of anilines is 4. The van der Waals surface area contributed by atoms with Gasteiger partial charge in [0.2, 0.25) is 11.8 Å². The molecule has 12 heteroatoms. The molecule has 0 aliphatic carbocycles. The van der Waals surface area contributed by atoms with Gasteiger partial charge in [0.15, 0.2) is 11.5 Å². The maximum atomic E-state index is 12.5. The summed E-state index contributed by atoms with van der Waals surface area (Å²) in [6.07, 6.45) is -3.17. The molecule has 1 aliphatic heterocycles. The molecule has 0 spiro atoms. The lowest BCUT2D eigenvalue weighted by Crippen LogP contribution is -2.36. The van der Waals surface area contributed by atoms with E-state index in [4.69, 9.17) is 14.2 Å². The average molecular weight is 582 g/mol. The SMILES string of the molecule is COc1cc(C)ccc1Oc1nc(Nc2ccc(N3CCOCC3)cc2)ncc1NCc1ccc(OC(F)(F)F)cc1. The molecule has 4 aromatic rings. The first-order chi connectivity index (χ1) is 20.3. The van der Waals surface area contributed by atoms with Crippen LogP contribution in [-0.4, -0.2) is 49.7 Å². The summed E-state index contributed by atoms with van der Waals surface area (Å²) >= 11 is 0. The second kappa shape index (κ2) is 12.9. The fourth-order valence-electron chi connectivity index (χ4n) is 4.30. The molecule has 0 amide bonds. The van der Waals surface area contributed by atoms with E-state index < -0.39 is 6.36 Å². The Morgan fingerprint density at radius 1 is 0.952 bits per heavy atom. The summed E-state index contributed by atoms with van der Waals surface area (Å²) < 4.78 is 58.5. The van der Waals surface area contributed by atoms with Crippen LogP contribution >= 0.6 is 0 Å². The second-order valence-corrected chi connectivity index (χ2v) is 9.49. The summed E-state index contributed by atoms with van der Waals surface area (Å²) in [7, 11) is 1.56. The molecular weight excluding hydrogens is 551 g/mol. The monoisotopic (exact) mass is 581 g/mol. The van der Waals surface area contributed by atoms with E-state index >= 15 is 0 Å². The number of hydrogen-bond donors (Lipinski definition) is 2. The first-order valence-corrected chi connectivity index (χ1v) is 13.2. The number of morpholine rings is 1. The molecule has 2 heterocycles. The van der Waals surface area contributed by atoms with Gasteiger partial charge < -0.3 is 34.5 Å². The van der Waals surface area contributed by atoms with Gasteiger partial charge in [-0.15, -0.1) is 13.2 Å². The van der Waals surface area contributed by atoms with Gasteiger partial charge in [-0.25, -0.2) is 4.98 Å². The van der Waals surface area contributed by atoms with Crippen molar-refractivity contribution < 1.29 is 32.1 Å². The molecule has 0 bridgehead atoms. The van der Waals surface area contributed by atoms with Crippen LogP contribution in [0.2, 0.25) is 0 Å². The Hall–Kier alpha value is -4.71. The number of methoxy groups -OCH3 is 1. The van der Waals surface area contributed by atoms with Crippen LogP contribution in [-0.2, 0) is 11.3 Å². The minimum absolute atomic E-state index is 0.233. The molecule has 0 atom stereocenters. The molecule has 1 fully saturated rings. The van der Waals surface area contributed by atoms with Gasteiger partial charge in [-0.2, -0.15) is 4.98 Å². The van der Waals surface area contributed by atoms with Crippen LogP contribution < -0.4 is 29.7 Å². The van der Waals surface area contributed by atoms with E-state index in [0.717, 1.165) is 30.0 Å². The zero-order valence-corrected chi connectivity index (χ0v) is 23.1. The smallest absolute Gasteiger partial charge is 0.493 e. The van der Waals surface area contributed by atoms with Gasteiger partial charge in [0.1, 0.15) is 11.4 Å². The Balaban J connectivity index is 1.34. The summed E-state index contributed by atoms with van der Waals surface area (Å²) in [5.41, 5.74) is 4.10. The van der Waals surface area contributed by atoms with Gasteiger partial charge in [-0.3, -0.25) is 0 Å². The standard InChI is InChI=1S/C30H30F3N5O4/c1-20-3-12-26(27(17-20)39-2)41-28-25(34-18-21-4-10-24(11-5-21)42-30(31,32)33)19-35-29(37-28)36-22-6-8-23(9-7-22)38-13-15-40-16-14-38/h3-12,17,19,34H,13-16,18H2,1-2H3,(H,35,36,37). The Labute approximate surface area is 241 Å². The third kappa shape index (κ3) is 7.72. The number of nitrogens with zero attached hydrogens (tertiary/aromatic N) is 3. The molecule has 9 nitrogen and oxygen atoms in total. The van der Waals surface area contributed by atoms with Crippen LogP contribution in [0.15, 0.2) is 72.9 Å². The number of rotatable bonds is 10. The van der Waals surface area contributed by atoms with Crippen molar-refractivity contribution in [2.24, 2.45) is 0 Å². The summed E-state index contributed by atoms with van der Waals surface area (Å²) in [5, 5.41) is 6.42. The van der Waals surface area contributed by atoms with Gasteiger partial charge >= 0.3 is 6.36 Å². The van der Waals surface area contributed by atoms with Gasteiger partial charge in [0, 0.05) is 31.0 Å². The first-order valence-electron chi connectivity index (χ1n) is 13.2. The molecule has 3 aromatic carbocycles. The second-order valence-electron chi connectivity index (χ2n) is 9.49. The number of alkyl halides is 3. The van der Waals surface area contributed by atoms with Crippen molar-refractivity contribution in [3.05, 3.63) is 84.1 Å². The highest BCUT2D eigenvalue weighted by atomic mass is 19.4. The fraction of sp³-hybridized carbons (Fsp3) is 0.267. The number of hydrogen-bond acceptors (Lipinski definition) is 9. The van der Waals surface area contributed by atoms with E-state index in [1.165, 1.54) is 24.3 Å². The number of benzene rings is 3. The van der Waals surface area contributed by atoms with E-state index in [-0.39, 0.29) is 18.2 Å². The topological polar surface area (TPSA) is 90.0 Å². The van der Waals surface area contributed by atoms with Crippen molar-refractivity contribution in [1.29, 1.82) is 0 Å². The van der Waals surface area contributed by atoms with Crippen molar-refractivity contribution in [3.8, 4) is 23.1 Å². The predicted molar refractivity (Wildman–Crippen MR) is 153 cm³/mol. The number of aryl methyl sites for hydroxylation is 1. The van der Waals surface area contributed by atoms with Crippen molar-refractivity contribution >= 4 is 23.0 Å². The Bertz CT molecular complexity index is 1480. The molecule has 1 aromatic heterocycles. The van der Waals surface area contributed by atoms with E-state index in [1.807, 2.05) is 43.3 Å². The quantitative estimate of drug-likeness (QED) is 0.213. The third-order valence-corrected chi connectivity index (χ3v) is 6.42. The number of ether oxygens (including phenoxy) is 4. The highest BCUT2D eigenvalue weighted by molar-refractivity contribution is 5.62. The fourth-order valence-corrected chi connectivity index (χ4v) is 4.30. The predicted octanol–water partition coefficient (Wildman–Crippen LogP) is 6.68. The van der Waals surface area contributed by atoms with E-state index in [1.54, 1.807) is 19.4 Å². The van der Waals surface area contributed by atoms with Crippen LogP contribution in [0.4, 0.5) is 36.2 Å². The minimum Gasteiger partial charge on any atom is -0.493 e. The summed E-state index contributed by atoms with van der Waals surface area (Å²) in [4.78, 5) is 11.3. The summed E-state index contributed by atoms with van der Waals surface area (Å²) in [5.74, 6) is 1.25. The van der Waals surface area contributed by atoms with Crippen molar-refractivity contribution in [3.63, 3.8) is 0 Å². The number of nitrogens with one attached hydrogen (secondary N) is 2. The third-order valence-electron chi connectivity index (χ3n) is 6.42. The Morgan fingerprint density at radius 2 is 1.69 bits per heavy atom. The summed E-state index contributed by atoms with van der Waals surface area (Å²) in [6, 6.07) is 19.1. The molecule has 2 N–H and O–H groups in total. The molecule has 0 unspecified atom stereocenters. The largest absolute Gasteiger partial charge is 0.573 e. The summed E-state index contributed by atoms with van der Waals surface area (Å²) in [6.45, 7) is 5.33. The molecule has 0 saturated carbocycles. The van der Waals surface area contributed by atoms with E-state index in [0.29, 0.717) is 41.9 Å². The maximum Gasteiger partial charge on any atom is 0.573 e. The van der Waals surface area contributed by atoms with Gasteiger partial charge in [0.25, 0.3) is 0 Å². The molecule has 42 heavy (non-hydrogen) atoms. The van der Waals surface area contributed by atoms with Crippen LogP contribution in [0, 0.1) is 6.92 Å². The lowest BCUT2D eigenvalue weighted by molar-refractivity contribution is -0.274. The maximum absolute atomic E-state index is 12.5. The van der Waals surface area contributed by atoms with Gasteiger partial charge in [-0.05, 0) is 66.6 Å². The van der Waals surface area contributed by atoms with Crippen LogP contribution in [0.3, 0.4) is 0 Å². The van der Waals surface area contributed by atoms with Gasteiger partial charge in [0.05, 0.1) is 26.5 Å². The molecule has 1 aliphatic rings. The lowest BCUT2D eigenvalue weighted by Gasteiger charge is -2.28. The highest BCUT2D eigenvalue weighted by Gasteiger charge is 2.31. The average Bonchev–Trinajstić information content (AvgIpc) is 2.98. The molecular formula is C30H30F3N5O4. The van der Waals surface area contributed by atoms with E-state index in [9.17, 15) is 13.2 Å². The molecule has 5 rings (SSSR count). The Kier molecular flexibility index (Phi) is 8.82. The number of halogens is 3. The zero-order valence-electron chi connectivity index (χ0n) is 23.1. The molecule has 1 saturated heterocycles. The highest BCUT2D eigenvalue weighted by Crippen LogP contribution is 2.35. The van der Waals surface area contributed by atoms with Crippen LogP contribution in [0.25, 0.3) is 0 Å². The van der Waals surface area contributed by atoms with Crippen molar-refractivity contribution in [1.82, 2.24) is 9.97 Å².